The number of nitrogens with zero attached hydrogens (tertiary/aromatic N) is 1. The monoisotopic (exact) mass is 355 g/mol. The van der Waals surface area contributed by atoms with Gasteiger partial charge in [-0.05, 0) is 30.2 Å². The fourth-order valence-electron chi connectivity index (χ4n) is 3.47. The molecular weight excluding hydrogens is 330 g/mol. The first kappa shape index (κ1) is 18.4. The zero-order valence-corrected chi connectivity index (χ0v) is 15.3. The molecule has 5 heteroatoms. The molecule has 2 aromatic rings. The Kier molecular flexibility index (Phi) is 5.59. The van der Waals surface area contributed by atoms with Crippen LogP contribution in [0.25, 0.3) is 0 Å². The molecule has 1 aliphatic heterocycles. The molecule has 1 N–H and O–H groups in total. The van der Waals surface area contributed by atoms with E-state index >= 15 is 0 Å². The Morgan fingerprint density at radius 3 is 2.31 bits per heavy atom. The first-order valence-electron chi connectivity index (χ1n) is 8.77. The molecule has 3 rings (SSSR count). The van der Waals surface area contributed by atoms with Gasteiger partial charge in [-0.15, -0.1) is 0 Å². The summed E-state index contributed by atoms with van der Waals surface area (Å²) >= 11 is 0. The number of carbonyl (C=O) groups is 1. The van der Waals surface area contributed by atoms with Gasteiger partial charge in [0, 0.05) is 12.6 Å². The van der Waals surface area contributed by atoms with Crippen molar-refractivity contribution in [1.82, 2.24) is 4.90 Å². The van der Waals surface area contributed by atoms with Crippen LogP contribution in [-0.2, 0) is 9.53 Å². The van der Waals surface area contributed by atoms with Gasteiger partial charge in [0.1, 0.15) is 11.7 Å². The predicted octanol–water partition coefficient (Wildman–Crippen LogP) is 2.76. The molecule has 0 spiro atoms. The highest BCUT2D eigenvalue weighted by Crippen LogP contribution is 2.38. The summed E-state index contributed by atoms with van der Waals surface area (Å²) in [4.78, 5) is 14.5. The van der Waals surface area contributed by atoms with Crippen molar-refractivity contribution in [2.24, 2.45) is 0 Å². The fraction of sp³-hybridized carbons (Fsp3) is 0.381. The van der Waals surface area contributed by atoms with Crippen molar-refractivity contribution in [2.45, 2.75) is 31.0 Å². The summed E-state index contributed by atoms with van der Waals surface area (Å²) in [7, 11) is 2.94. The number of esters is 1. The maximum absolute atomic E-state index is 12.4. The molecular formula is C21H25NO4. The largest absolute Gasteiger partial charge is 0.497 e. The van der Waals surface area contributed by atoms with Crippen LogP contribution in [0.4, 0.5) is 0 Å². The van der Waals surface area contributed by atoms with E-state index in [0.29, 0.717) is 5.75 Å². The summed E-state index contributed by atoms with van der Waals surface area (Å²) < 4.78 is 10.1. The molecule has 3 unspecified atom stereocenters. The molecule has 138 valence electrons. The zero-order chi connectivity index (χ0) is 18.7. The van der Waals surface area contributed by atoms with Crippen molar-refractivity contribution in [1.29, 1.82) is 0 Å². The number of ether oxygens (including phenoxy) is 2. The highest BCUT2D eigenvalue weighted by Gasteiger charge is 2.48. The summed E-state index contributed by atoms with van der Waals surface area (Å²) in [6.45, 7) is 2.86. The molecule has 0 bridgehead atoms. The maximum atomic E-state index is 12.4. The first-order chi connectivity index (χ1) is 12.6. The number of methoxy groups -OCH3 is 2. The molecule has 1 heterocycles. The van der Waals surface area contributed by atoms with E-state index in [1.54, 1.807) is 31.4 Å². The highest BCUT2D eigenvalue weighted by molar-refractivity contribution is 5.79. The maximum Gasteiger partial charge on any atom is 0.315 e. The van der Waals surface area contributed by atoms with Crippen LogP contribution in [0.5, 0.6) is 5.75 Å². The Morgan fingerprint density at radius 2 is 1.73 bits per heavy atom. The lowest BCUT2D eigenvalue weighted by molar-refractivity contribution is -0.145. The number of carbonyl (C=O) groups excluding carboxylic acids is 1. The van der Waals surface area contributed by atoms with Crippen LogP contribution in [0.15, 0.2) is 54.6 Å². The molecule has 5 atom stereocenters. The Bertz CT molecular complexity index is 731. The van der Waals surface area contributed by atoms with Crippen LogP contribution < -0.4 is 4.74 Å². The Labute approximate surface area is 154 Å². The SMILES string of the molecule is COC(=O)C(c1ccc(OC)cc1)C(O)[C@H]1CN1[C@H](C)c1ccccc1. The van der Waals surface area contributed by atoms with Crippen molar-refractivity contribution in [3.63, 3.8) is 0 Å². The number of hydrogen-bond donors (Lipinski definition) is 1. The lowest BCUT2D eigenvalue weighted by atomic mass is 9.91. The quantitative estimate of drug-likeness (QED) is 0.611. The van der Waals surface area contributed by atoms with Crippen molar-refractivity contribution >= 4 is 5.97 Å². The Hall–Kier alpha value is -2.37. The minimum absolute atomic E-state index is 0.0728. The molecule has 2 aromatic carbocycles. The van der Waals surface area contributed by atoms with Crippen LogP contribution in [0.2, 0.25) is 0 Å². The highest BCUT2D eigenvalue weighted by atomic mass is 16.5. The van der Waals surface area contributed by atoms with Gasteiger partial charge in [-0.25, -0.2) is 0 Å². The third-order valence-electron chi connectivity index (χ3n) is 5.14. The predicted molar refractivity (Wildman–Crippen MR) is 99.1 cm³/mol. The molecule has 1 fully saturated rings. The lowest BCUT2D eigenvalue weighted by Crippen LogP contribution is -2.33. The van der Waals surface area contributed by atoms with E-state index in [1.807, 2.05) is 18.2 Å². The van der Waals surface area contributed by atoms with Crippen LogP contribution in [-0.4, -0.2) is 48.9 Å². The van der Waals surface area contributed by atoms with Gasteiger partial charge < -0.3 is 14.6 Å². The summed E-state index contributed by atoms with van der Waals surface area (Å²) in [6, 6.07) is 17.5. The van der Waals surface area contributed by atoms with E-state index in [1.165, 1.54) is 12.7 Å². The van der Waals surface area contributed by atoms with Gasteiger partial charge in [-0.1, -0.05) is 42.5 Å². The van der Waals surface area contributed by atoms with Crippen molar-refractivity contribution < 1.29 is 19.4 Å². The second-order valence-electron chi connectivity index (χ2n) is 6.62. The van der Waals surface area contributed by atoms with Gasteiger partial charge in [0.05, 0.1) is 26.4 Å². The zero-order valence-electron chi connectivity index (χ0n) is 15.3. The van der Waals surface area contributed by atoms with E-state index in [9.17, 15) is 9.90 Å². The number of rotatable bonds is 7. The normalized spacial score (nSPS) is 22.2. The van der Waals surface area contributed by atoms with E-state index in [2.05, 4.69) is 24.0 Å². The van der Waals surface area contributed by atoms with Gasteiger partial charge in [-0.2, -0.15) is 0 Å². The molecule has 26 heavy (non-hydrogen) atoms. The number of hydrogen-bond acceptors (Lipinski definition) is 5. The van der Waals surface area contributed by atoms with Gasteiger partial charge in [0.25, 0.3) is 0 Å². The molecule has 0 radical (unpaired) electrons. The van der Waals surface area contributed by atoms with Gasteiger partial charge in [0.2, 0.25) is 0 Å². The first-order valence-corrected chi connectivity index (χ1v) is 8.77. The number of aliphatic hydroxyl groups excluding tert-OH is 1. The van der Waals surface area contributed by atoms with Gasteiger partial charge >= 0.3 is 5.97 Å². The van der Waals surface area contributed by atoms with Crippen molar-refractivity contribution in [2.75, 3.05) is 20.8 Å². The van der Waals surface area contributed by atoms with E-state index in [4.69, 9.17) is 9.47 Å². The van der Waals surface area contributed by atoms with Gasteiger partial charge in [-0.3, -0.25) is 9.69 Å². The Morgan fingerprint density at radius 1 is 1.08 bits per heavy atom. The molecule has 1 aliphatic rings. The molecule has 0 saturated carbocycles. The third-order valence-corrected chi connectivity index (χ3v) is 5.14. The summed E-state index contributed by atoms with van der Waals surface area (Å²) in [6.07, 6.45) is -0.831. The minimum Gasteiger partial charge on any atom is -0.497 e. The van der Waals surface area contributed by atoms with E-state index in [0.717, 1.165) is 12.1 Å². The molecule has 0 amide bonds. The van der Waals surface area contributed by atoms with Crippen LogP contribution >= 0.6 is 0 Å². The molecule has 0 aromatic heterocycles. The van der Waals surface area contributed by atoms with Crippen molar-refractivity contribution in [3.05, 3.63) is 65.7 Å². The minimum atomic E-state index is -0.831. The second-order valence-corrected chi connectivity index (χ2v) is 6.62. The summed E-state index contributed by atoms with van der Waals surface area (Å²) in [5.74, 6) is -0.441. The molecule has 0 aliphatic carbocycles. The summed E-state index contributed by atoms with van der Waals surface area (Å²) in [5, 5.41) is 10.9. The van der Waals surface area contributed by atoms with Gasteiger partial charge in [0.15, 0.2) is 0 Å². The van der Waals surface area contributed by atoms with Crippen LogP contribution in [0.3, 0.4) is 0 Å². The van der Waals surface area contributed by atoms with Crippen LogP contribution in [0, 0.1) is 0 Å². The van der Waals surface area contributed by atoms with Crippen molar-refractivity contribution in [3.8, 4) is 5.75 Å². The van der Waals surface area contributed by atoms with Crippen LogP contribution in [0.1, 0.15) is 30.0 Å². The molecule has 5 nitrogen and oxygen atoms in total. The average Bonchev–Trinajstić information content (AvgIpc) is 3.49. The second kappa shape index (κ2) is 7.89. The number of benzene rings is 2. The fourth-order valence-corrected chi connectivity index (χ4v) is 3.47. The topological polar surface area (TPSA) is 58.8 Å². The van der Waals surface area contributed by atoms with E-state index < -0.39 is 18.0 Å². The molecule has 1 saturated heterocycles. The summed E-state index contributed by atoms with van der Waals surface area (Å²) in [5.41, 5.74) is 1.92. The average molecular weight is 355 g/mol. The van der Waals surface area contributed by atoms with E-state index in [-0.39, 0.29) is 12.1 Å². The smallest absolute Gasteiger partial charge is 0.315 e. The number of aliphatic hydroxyl groups is 1. The standard InChI is InChI=1S/C21H25NO4/c1-14(15-7-5-4-6-8-15)22-13-18(22)20(23)19(21(24)26-3)16-9-11-17(25-2)12-10-16/h4-12,14,18-20,23H,13H2,1-3H3/t14-,18-,19?,20?,22?/m1/s1. The third kappa shape index (κ3) is 3.74. The lowest BCUT2D eigenvalue weighted by Gasteiger charge is -2.23. The Balaban J connectivity index is 1.76.